The molecule has 154 valence electrons. The Bertz CT molecular complexity index is 550. The summed E-state index contributed by atoms with van der Waals surface area (Å²) in [7, 11) is 0. The minimum Gasteiger partial charge on any atom is -0.377 e. The first kappa shape index (κ1) is 21.1. The lowest BCUT2D eigenvalue weighted by Crippen LogP contribution is -2.69. The summed E-state index contributed by atoms with van der Waals surface area (Å²) in [5.41, 5.74) is 0.347. The largest absolute Gasteiger partial charge is 0.377 e. The van der Waals surface area contributed by atoms with Crippen LogP contribution in [0.5, 0.6) is 0 Å². The molecule has 4 aliphatic rings. The zero-order chi connectivity index (χ0) is 18.0. The van der Waals surface area contributed by atoms with Crippen molar-refractivity contribution in [2.45, 2.75) is 70.4 Å². The van der Waals surface area contributed by atoms with Crippen LogP contribution in [0.25, 0.3) is 0 Å². The summed E-state index contributed by atoms with van der Waals surface area (Å²) in [5.74, 6) is 1.91. The standard InChI is InChI=1S/C20H34N4O2.HI/c1-2-21-19(22-11-6-13-24-12-5-7-16(24)25)23-17-15-8-14-26-18(15)20(17)9-3-4-10-20;/h15,17-18H,2-14H2,1H3,(H2,21,22,23);1H. The Morgan fingerprint density at radius 1 is 1.33 bits per heavy atom. The Balaban J connectivity index is 0.00000210. The molecule has 3 unspecified atom stereocenters. The van der Waals surface area contributed by atoms with Crippen molar-refractivity contribution in [3.05, 3.63) is 0 Å². The molecule has 4 fully saturated rings. The van der Waals surface area contributed by atoms with Crippen molar-refractivity contribution < 1.29 is 9.53 Å². The molecule has 0 bridgehead atoms. The second kappa shape index (κ2) is 9.29. The molecule has 0 aromatic rings. The monoisotopic (exact) mass is 490 g/mol. The minimum absolute atomic E-state index is 0. The van der Waals surface area contributed by atoms with Crippen molar-refractivity contribution in [3.8, 4) is 0 Å². The van der Waals surface area contributed by atoms with Crippen LogP contribution in [0.3, 0.4) is 0 Å². The molecule has 0 aromatic heterocycles. The number of ether oxygens (including phenoxy) is 1. The number of carbonyl (C=O) groups is 1. The van der Waals surface area contributed by atoms with Crippen LogP contribution in [-0.2, 0) is 9.53 Å². The number of carbonyl (C=O) groups excluding carboxylic acids is 1. The highest BCUT2D eigenvalue weighted by molar-refractivity contribution is 14.0. The fourth-order valence-electron chi connectivity index (χ4n) is 5.76. The number of amides is 1. The van der Waals surface area contributed by atoms with E-state index < -0.39 is 0 Å². The Morgan fingerprint density at radius 3 is 2.85 bits per heavy atom. The highest BCUT2D eigenvalue weighted by Crippen LogP contribution is 2.60. The van der Waals surface area contributed by atoms with Gasteiger partial charge >= 0.3 is 0 Å². The molecular formula is C20H35IN4O2. The lowest BCUT2D eigenvalue weighted by molar-refractivity contribution is -0.127. The summed E-state index contributed by atoms with van der Waals surface area (Å²) in [6, 6.07) is 0.510. The average Bonchev–Trinajstić information content (AvgIpc) is 3.36. The molecule has 6 nitrogen and oxygen atoms in total. The van der Waals surface area contributed by atoms with Crippen molar-refractivity contribution in [1.82, 2.24) is 15.5 Å². The molecule has 1 spiro atoms. The van der Waals surface area contributed by atoms with E-state index in [1.165, 1.54) is 32.1 Å². The van der Waals surface area contributed by atoms with Gasteiger partial charge in [0, 0.05) is 56.6 Å². The molecule has 27 heavy (non-hydrogen) atoms. The smallest absolute Gasteiger partial charge is 0.222 e. The van der Waals surface area contributed by atoms with Crippen LogP contribution in [-0.4, -0.2) is 61.7 Å². The quantitative estimate of drug-likeness (QED) is 0.260. The van der Waals surface area contributed by atoms with Crippen LogP contribution < -0.4 is 10.6 Å². The molecule has 2 heterocycles. The molecule has 4 rings (SSSR count). The lowest BCUT2D eigenvalue weighted by atomic mass is 9.54. The Hall–Kier alpha value is -0.570. The van der Waals surface area contributed by atoms with E-state index in [-0.39, 0.29) is 24.0 Å². The van der Waals surface area contributed by atoms with Crippen molar-refractivity contribution in [3.63, 3.8) is 0 Å². The van der Waals surface area contributed by atoms with Gasteiger partial charge in [0.2, 0.25) is 5.91 Å². The van der Waals surface area contributed by atoms with E-state index in [2.05, 4.69) is 17.6 Å². The number of fused-ring (bicyclic) bond motifs is 2. The van der Waals surface area contributed by atoms with Gasteiger partial charge < -0.3 is 20.3 Å². The molecule has 2 saturated heterocycles. The molecule has 7 heteroatoms. The molecule has 3 atom stereocenters. The van der Waals surface area contributed by atoms with Gasteiger partial charge in [-0.2, -0.15) is 0 Å². The topological polar surface area (TPSA) is 66.0 Å². The molecule has 2 aliphatic heterocycles. The maximum atomic E-state index is 11.7. The third kappa shape index (κ3) is 4.09. The van der Waals surface area contributed by atoms with Crippen molar-refractivity contribution >= 4 is 35.8 Å². The number of aliphatic imine (C=N–C) groups is 1. The van der Waals surface area contributed by atoms with Gasteiger partial charge in [0.1, 0.15) is 0 Å². The highest BCUT2D eigenvalue weighted by atomic mass is 127. The van der Waals surface area contributed by atoms with E-state index in [0.29, 0.717) is 29.4 Å². The van der Waals surface area contributed by atoms with Gasteiger partial charge in [-0.15, -0.1) is 24.0 Å². The summed E-state index contributed by atoms with van der Waals surface area (Å²) in [6.07, 6.45) is 9.59. The fourth-order valence-corrected chi connectivity index (χ4v) is 5.76. The first-order valence-corrected chi connectivity index (χ1v) is 10.7. The van der Waals surface area contributed by atoms with Crippen LogP contribution in [0.1, 0.15) is 58.3 Å². The average molecular weight is 490 g/mol. The first-order valence-electron chi connectivity index (χ1n) is 10.7. The summed E-state index contributed by atoms with van der Waals surface area (Å²) in [4.78, 5) is 18.5. The Labute approximate surface area is 180 Å². The second-order valence-corrected chi connectivity index (χ2v) is 8.40. The molecular weight excluding hydrogens is 455 g/mol. The zero-order valence-electron chi connectivity index (χ0n) is 16.5. The number of hydrogen-bond acceptors (Lipinski definition) is 3. The molecule has 0 radical (unpaired) electrons. The van der Waals surface area contributed by atoms with E-state index in [0.717, 1.165) is 58.0 Å². The van der Waals surface area contributed by atoms with Crippen molar-refractivity contribution in [2.75, 3.05) is 32.8 Å². The van der Waals surface area contributed by atoms with Crippen molar-refractivity contribution in [1.29, 1.82) is 0 Å². The van der Waals surface area contributed by atoms with E-state index in [1.54, 1.807) is 0 Å². The van der Waals surface area contributed by atoms with E-state index in [9.17, 15) is 4.79 Å². The number of nitrogens with zero attached hydrogens (tertiary/aromatic N) is 2. The third-order valence-corrected chi connectivity index (χ3v) is 6.95. The lowest BCUT2D eigenvalue weighted by Gasteiger charge is -2.57. The predicted octanol–water partition coefficient (Wildman–Crippen LogP) is 2.52. The van der Waals surface area contributed by atoms with Crippen molar-refractivity contribution in [2.24, 2.45) is 16.3 Å². The van der Waals surface area contributed by atoms with E-state index in [1.807, 2.05) is 4.90 Å². The fraction of sp³-hybridized carbons (Fsp3) is 0.900. The summed E-state index contributed by atoms with van der Waals surface area (Å²) < 4.78 is 6.09. The van der Waals surface area contributed by atoms with Crippen LogP contribution in [0.4, 0.5) is 0 Å². The normalized spacial score (nSPS) is 31.6. The highest BCUT2D eigenvalue weighted by Gasteiger charge is 2.65. The number of likely N-dealkylation sites (tertiary alicyclic amines) is 1. The van der Waals surface area contributed by atoms with E-state index >= 15 is 0 Å². The Kier molecular flexibility index (Phi) is 7.27. The second-order valence-electron chi connectivity index (χ2n) is 8.40. The maximum Gasteiger partial charge on any atom is 0.222 e. The molecule has 2 aliphatic carbocycles. The number of rotatable bonds is 6. The zero-order valence-corrected chi connectivity index (χ0v) is 18.9. The molecule has 0 aromatic carbocycles. The van der Waals surface area contributed by atoms with Gasteiger partial charge in [-0.1, -0.05) is 12.8 Å². The van der Waals surface area contributed by atoms with Crippen LogP contribution in [0, 0.1) is 11.3 Å². The SMILES string of the molecule is CCNC(=NCCCN1CCCC1=O)NC1C2CCOC2C12CCCC2.I. The Morgan fingerprint density at radius 2 is 2.15 bits per heavy atom. The third-order valence-electron chi connectivity index (χ3n) is 6.95. The van der Waals surface area contributed by atoms with Crippen LogP contribution >= 0.6 is 24.0 Å². The molecule has 1 amide bonds. The maximum absolute atomic E-state index is 11.7. The van der Waals surface area contributed by atoms with Gasteiger partial charge in [0.05, 0.1) is 6.10 Å². The first-order chi connectivity index (χ1) is 12.7. The van der Waals surface area contributed by atoms with Gasteiger partial charge in [0.15, 0.2) is 5.96 Å². The van der Waals surface area contributed by atoms with Gasteiger partial charge in [-0.25, -0.2) is 0 Å². The summed E-state index contributed by atoms with van der Waals surface area (Å²) >= 11 is 0. The number of guanidine groups is 1. The van der Waals surface area contributed by atoms with Crippen LogP contribution in [0.2, 0.25) is 0 Å². The minimum atomic E-state index is 0. The summed E-state index contributed by atoms with van der Waals surface area (Å²) in [6.45, 7) is 6.45. The molecule has 2 N–H and O–H groups in total. The van der Waals surface area contributed by atoms with Gasteiger partial charge in [-0.3, -0.25) is 9.79 Å². The van der Waals surface area contributed by atoms with E-state index in [4.69, 9.17) is 9.73 Å². The number of nitrogens with one attached hydrogen (secondary N) is 2. The number of halogens is 1. The predicted molar refractivity (Wildman–Crippen MR) is 117 cm³/mol. The molecule has 2 saturated carbocycles. The van der Waals surface area contributed by atoms with Gasteiger partial charge in [-0.05, 0) is 39.0 Å². The van der Waals surface area contributed by atoms with Crippen LogP contribution in [0.15, 0.2) is 4.99 Å². The summed E-state index contributed by atoms with van der Waals surface area (Å²) in [5, 5.41) is 7.20. The van der Waals surface area contributed by atoms with Gasteiger partial charge in [0.25, 0.3) is 0 Å². The number of hydrogen-bond donors (Lipinski definition) is 2.